The van der Waals surface area contributed by atoms with Crippen molar-refractivity contribution in [1.82, 2.24) is 9.88 Å². The Bertz CT molecular complexity index is 548. The molecule has 1 aromatic heterocycles. The average Bonchev–Trinajstić information content (AvgIpc) is 2.94. The van der Waals surface area contributed by atoms with Crippen LogP contribution in [0.25, 0.3) is 0 Å². The van der Waals surface area contributed by atoms with Gasteiger partial charge in [0.25, 0.3) is 0 Å². The van der Waals surface area contributed by atoms with Gasteiger partial charge < -0.3 is 4.90 Å². The highest BCUT2D eigenvalue weighted by molar-refractivity contribution is 7.19. The molecular formula is C17H27FN3PS. The zero-order chi connectivity index (χ0) is 15.9. The highest BCUT2D eigenvalue weighted by Crippen LogP contribution is 2.39. The molecule has 1 aromatic rings. The van der Waals surface area contributed by atoms with Gasteiger partial charge in [-0.3, -0.25) is 4.90 Å². The summed E-state index contributed by atoms with van der Waals surface area (Å²) in [6.45, 7) is 4.32. The first-order chi connectivity index (χ1) is 11.1. The fourth-order valence-corrected chi connectivity index (χ4v) is 5.63. The van der Waals surface area contributed by atoms with E-state index in [2.05, 4.69) is 19.0 Å². The molecule has 3 nitrogen and oxygen atoms in total. The van der Waals surface area contributed by atoms with E-state index < -0.39 is 5.41 Å². The first kappa shape index (κ1) is 16.2. The van der Waals surface area contributed by atoms with Crippen molar-refractivity contribution < 1.29 is 4.39 Å². The minimum Gasteiger partial charge on any atom is -0.341 e. The Balaban J connectivity index is 1.31. The van der Waals surface area contributed by atoms with Crippen LogP contribution in [0.1, 0.15) is 49.1 Å². The Hall–Kier alpha value is -0.250. The first-order valence-electron chi connectivity index (χ1n) is 9.03. The second-order valence-electron chi connectivity index (χ2n) is 7.58. The van der Waals surface area contributed by atoms with Crippen LogP contribution in [0.2, 0.25) is 0 Å². The normalized spacial score (nSPS) is 25.2. The van der Waals surface area contributed by atoms with Gasteiger partial charge in [0, 0.05) is 18.0 Å². The molecule has 2 fully saturated rings. The van der Waals surface area contributed by atoms with Crippen molar-refractivity contribution in [3.63, 3.8) is 0 Å². The summed E-state index contributed by atoms with van der Waals surface area (Å²) in [5.41, 5.74) is 1.25. The molecule has 3 heterocycles. The van der Waals surface area contributed by atoms with Crippen LogP contribution in [0.15, 0.2) is 0 Å². The average molecular weight is 355 g/mol. The van der Waals surface area contributed by atoms with Gasteiger partial charge >= 0.3 is 0 Å². The van der Waals surface area contributed by atoms with Crippen molar-refractivity contribution in [1.29, 1.82) is 0 Å². The number of anilines is 1. The summed E-state index contributed by atoms with van der Waals surface area (Å²) >= 11 is 1.78. The van der Waals surface area contributed by atoms with Gasteiger partial charge in [-0.15, -0.1) is 11.3 Å². The summed E-state index contributed by atoms with van der Waals surface area (Å²) in [4.78, 5) is 10.9. The number of rotatable bonds is 4. The standard InChI is InChI=1S/C17H27FN3PS/c18-17(22)11-21(12-17)16-19-14-10-20(9-7-15(14)23-16)8-6-13-4-2-1-3-5-13/h13H,1-12,22H2. The van der Waals surface area contributed by atoms with Crippen molar-refractivity contribution in [2.75, 3.05) is 31.1 Å². The fraction of sp³-hybridized carbons (Fsp3) is 0.824. The largest absolute Gasteiger partial charge is 0.341 e. The maximum atomic E-state index is 13.7. The SMILES string of the molecule is FC1(P)CN(c2nc3c(s2)CCN(CCC2CCCCC2)C3)C1. The maximum Gasteiger partial charge on any atom is 0.186 e. The molecule has 23 heavy (non-hydrogen) atoms. The van der Waals surface area contributed by atoms with Gasteiger partial charge in [-0.2, -0.15) is 0 Å². The van der Waals surface area contributed by atoms with E-state index in [1.54, 1.807) is 11.3 Å². The van der Waals surface area contributed by atoms with Crippen LogP contribution in [-0.2, 0) is 13.0 Å². The van der Waals surface area contributed by atoms with Crippen molar-refractivity contribution in [3.05, 3.63) is 10.6 Å². The lowest BCUT2D eigenvalue weighted by atomic mass is 9.87. The first-order valence-corrected chi connectivity index (χ1v) is 10.4. The smallest absolute Gasteiger partial charge is 0.186 e. The number of aromatic nitrogens is 1. The molecule has 0 N–H and O–H groups in total. The summed E-state index contributed by atoms with van der Waals surface area (Å²) in [5.74, 6) is 0.956. The van der Waals surface area contributed by atoms with Gasteiger partial charge in [-0.25, -0.2) is 9.37 Å². The molecule has 4 rings (SSSR count). The molecule has 0 aromatic carbocycles. The van der Waals surface area contributed by atoms with E-state index >= 15 is 0 Å². The van der Waals surface area contributed by atoms with E-state index in [-0.39, 0.29) is 0 Å². The van der Waals surface area contributed by atoms with Crippen LogP contribution in [0.4, 0.5) is 9.52 Å². The Labute approximate surface area is 144 Å². The summed E-state index contributed by atoms with van der Waals surface area (Å²) in [6, 6.07) is 0. The second kappa shape index (κ2) is 6.57. The molecular weight excluding hydrogens is 328 g/mol. The van der Waals surface area contributed by atoms with Gasteiger partial charge in [0.15, 0.2) is 10.5 Å². The lowest BCUT2D eigenvalue weighted by molar-refractivity contribution is 0.215. The molecule has 0 spiro atoms. The van der Waals surface area contributed by atoms with E-state index in [1.165, 1.54) is 55.6 Å². The highest BCUT2D eigenvalue weighted by atomic mass is 32.1. The number of hydrogen-bond acceptors (Lipinski definition) is 4. The van der Waals surface area contributed by atoms with Gasteiger partial charge in [0.05, 0.1) is 18.8 Å². The van der Waals surface area contributed by atoms with Crippen molar-refractivity contribution >= 4 is 25.7 Å². The predicted octanol–water partition coefficient (Wildman–Crippen LogP) is 3.83. The molecule has 6 heteroatoms. The fourth-order valence-electron chi connectivity index (χ4n) is 4.13. The van der Waals surface area contributed by atoms with Crippen LogP contribution < -0.4 is 4.90 Å². The molecule has 3 aliphatic rings. The number of hydrogen-bond donors (Lipinski definition) is 0. The Morgan fingerprint density at radius 2 is 2.04 bits per heavy atom. The zero-order valence-corrected chi connectivity index (χ0v) is 15.7. The topological polar surface area (TPSA) is 19.4 Å². The molecule has 0 bridgehead atoms. The van der Waals surface area contributed by atoms with Crippen LogP contribution in [0, 0.1) is 5.92 Å². The molecule has 1 aliphatic carbocycles. The van der Waals surface area contributed by atoms with Gasteiger partial charge in [0.2, 0.25) is 0 Å². The van der Waals surface area contributed by atoms with E-state index in [0.29, 0.717) is 13.1 Å². The Morgan fingerprint density at radius 3 is 2.78 bits per heavy atom. The minimum atomic E-state index is -1.10. The summed E-state index contributed by atoms with van der Waals surface area (Å²) in [6.07, 6.45) is 9.67. The van der Waals surface area contributed by atoms with E-state index in [0.717, 1.165) is 30.6 Å². The number of halogens is 1. The van der Waals surface area contributed by atoms with Crippen molar-refractivity contribution in [3.8, 4) is 0 Å². The van der Waals surface area contributed by atoms with E-state index in [1.807, 2.05) is 0 Å². The zero-order valence-electron chi connectivity index (χ0n) is 13.8. The van der Waals surface area contributed by atoms with Crippen LogP contribution in [0.3, 0.4) is 0 Å². The summed E-state index contributed by atoms with van der Waals surface area (Å²) in [5, 5.41) is -0.0714. The number of nitrogens with zero attached hydrogens (tertiary/aromatic N) is 3. The van der Waals surface area contributed by atoms with Crippen LogP contribution in [0.5, 0.6) is 0 Å². The minimum absolute atomic E-state index is 0.468. The number of fused-ring (bicyclic) bond motifs is 1. The molecule has 2 aliphatic heterocycles. The van der Waals surface area contributed by atoms with Gasteiger partial charge in [-0.05, 0) is 25.3 Å². The Morgan fingerprint density at radius 1 is 1.26 bits per heavy atom. The van der Waals surface area contributed by atoms with Crippen molar-refractivity contribution in [2.45, 2.75) is 56.9 Å². The van der Waals surface area contributed by atoms with Crippen molar-refractivity contribution in [2.24, 2.45) is 5.92 Å². The highest BCUT2D eigenvalue weighted by Gasteiger charge is 2.41. The molecule has 128 valence electrons. The molecule has 1 atom stereocenters. The molecule has 1 unspecified atom stereocenters. The summed E-state index contributed by atoms with van der Waals surface area (Å²) in [7, 11) is 2.31. The third kappa shape index (κ3) is 3.72. The second-order valence-corrected chi connectivity index (χ2v) is 9.67. The van der Waals surface area contributed by atoms with Gasteiger partial charge in [0.1, 0.15) is 0 Å². The maximum absolute atomic E-state index is 13.7. The van der Waals surface area contributed by atoms with E-state index in [9.17, 15) is 4.39 Å². The third-order valence-electron chi connectivity index (χ3n) is 5.55. The lowest BCUT2D eigenvalue weighted by Crippen LogP contribution is -2.55. The predicted molar refractivity (Wildman–Crippen MR) is 98.0 cm³/mol. The molecule has 0 amide bonds. The summed E-state index contributed by atoms with van der Waals surface area (Å²) < 4.78 is 13.7. The van der Waals surface area contributed by atoms with Crippen LogP contribution in [-0.4, -0.2) is 41.5 Å². The molecule has 1 saturated heterocycles. The number of thiazole rings is 1. The third-order valence-corrected chi connectivity index (χ3v) is 7.14. The monoisotopic (exact) mass is 355 g/mol. The number of alkyl halides is 1. The molecule has 1 saturated carbocycles. The van der Waals surface area contributed by atoms with E-state index in [4.69, 9.17) is 4.98 Å². The quantitative estimate of drug-likeness (QED) is 0.765. The molecule has 0 radical (unpaired) electrons. The van der Waals surface area contributed by atoms with Crippen LogP contribution >= 0.6 is 20.6 Å². The lowest BCUT2D eigenvalue weighted by Gasteiger charge is -2.41. The van der Waals surface area contributed by atoms with Gasteiger partial charge in [-0.1, -0.05) is 41.3 Å². The Kier molecular flexibility index (Phi) is 4.64.